The molecule has 8 heteroatoms. The summed E-state index contributed by atoms with van der Waals surface area (Å²) in [6.07, 6.45) is 3.71. The standard InChI is InChI=1S/C20H21N5O3/c1-3-24-12-16(18(26)15-7-6-13(2)22-19(15)24)20(27)25-10-8-14(11-25)28-17-5-4-9-21-23-17/h4-7,9,12,14H,3,8,10-11H2,1-2H3. The van der Waals surface area contributed by atoms with Gasteiger partial charge in [0.05, 0.1) is 11.9 Å². The smallest absolute Gasteiger partial charge is 0.259 e. The van der Waals surface area contributed by atoms with E-state index in [4.69, 9.17) is 4.74 Å². The van der Waals surface area contributed by atoms with Gasteiger partial charge in [0, 0.05) is 43.7 Å². The Hall–Kier alpha value is -3.29. The second-order valence-corrected chi connectivity index (χ2v) is 6.82. The number of pyridine rings is 2. The monoisotopic (exact) mass is 379 g/mol. The quantitative estimate of drug-likeness (QED) is 0.687. The van der Waals surface area contributed by atoms with Crippen molar-refractivity contribution in [3.63, 3.8) is 0 Å². The Morgan fingerprint density at radius 1 is 1.32 bits per heavy atom. The third-order valence-corrected chi connectivity index (χ3v) is 4.90. The lowest BCUT2D eigenvalue weighted by atomic mass is 10.1. The molecule has 1 saturated heterocycles. The van der Waals surface area contributed by atoms with E-state index in [0.717, 1.165) is 5.69 Å². The Morgan fingerprint density at radius 3 is 2.93 bits per heavy atom. The largest absolute Gasteiger partial charge is 0.471 e. The van der Waals surface area contributed by atoms with Crippen LogP contribution in [0.15, 0.2) is 41.5 Å². The van der Waals surface area contributed by atoms with Crippen molar-refractivity contribution in [3.8, 4) is 5.88 Å². The van der Waals surface area contributed by atoms with Crippen molar-refractivity contribution in [2.24, 2.45) is 0 Å². The summed E-state index contributed by atoms with van der Waals surface area (Å²) in [5, 5.41) is 8.16. The zero-order chi connectivity index (χ0) is 19.7. The highest BCUT2D eigenvalue weighted by atomic mass is 16.5. The summed E-state index contributed by atoms with van der Waals surface area (Å²) in [5.74, 6) is 0.155. The average Bonchev–Trinajstić information content (AvgIpc) is 3.17. The lowest BCUT2D eigenvalue weighted by Crippen LogP contribution is -2.34. The molecule has 0 aliphatic carbocycles. The van der Waals surface area contributed by atoms with E-state index in [9.17, 15) is 9.59 Å². The molecule has 1 atom stereocenters. The molecule has 4 heterocycles. The molecule has 1 amide bonds. The first kappa shape index (κ1) is 18.1. The average molecular weight is 379 g/mol. The van der Waals surface area contributed by atoms with Gasteiger partial charge in [0.25, 0.3) is 5.91 Å². The summed E-state index contributed by atoms with van der Waals surface area (Å²) in [6, 6.07) is 7.01. The first-order valence-electron chi connectivity index (χ1n) is 9.31. The Labute approximate surface area is 161 Å². The fourth-order valence-electron chi connectivity index (χ4n) is 3.45. The molecule has 1 fully saturated rings. The molecule has 0 aromatic carbocycles. The highest BCUT2D eigenvalue weighted by Gasteiger charge is 2.30. The molecule has 144 valence electrons. The SMILES string of the molecule is CCn1cc(C(=O)N2CCC(Oc3cccnn3)C2)c(=O)c2ccc(C)nc21. The van der Waals surface area contributed by atoms with Gasteiger partial charge in [0.1, 0.15) is 17.3 Å². The molecule has 0 N–H and O–H groups in total. The molecule has 0 saturated carbocycles. The van der Waals surface area contributed by atoms with Gasteiger partial charge in [-0.3, -0.25) is 9.59 Å². The second kappa shape index (κ2) is 7.38. The van der Waals surface area contributed by atoms with Gasteiger partial charge in [-0.05, 0) is 32.0 Å². The van der Waals surface area contributed by atoms with E-state index in [1.807, 2.05) is 18.4 Å². The predicted molar refractivity (Wildman–Crippen MR) is 103 cm³/mol. The highest BCUT2D eigenvalue weighted by Crippen LogP contribution is 2.18. The number of rotatable bonds is 4. The molecule has 28 heavy (non-hydrogen) atoms. The van der Waals surface area contributed by atoms with Crippen LogP contribution in [-0.4, -0.2) is 49.7 Å². The normalized spacial score (nSPS) is 16.5. The molecule has 1 unspecified atom stereocenters. The molecule has 3 aromatic rings. The summed E-state index contributed by atoms with van der Waals surface area (Å²) in [4.78, 5) is 32.1. The number of nitrogens with zero attached hydrogens (tertiary/aromatic N) is 5. The lowest BCUT2D eigenvalue weighted by Gasteiger charge is -2.18. The van der Waals surface area contributed by atoms with Gasteiger partial charge in [-0.2, -0.15) is 5.10 Å². The number of hydrogen-bond acceptors (Lipinski definition) is 6. The molecular weight excluding hydrogens is 358 g/mol. The van der Waals surface area contributed by atoms with Crippen LogP contribution in [0, 0.1) is 6.92 Å². The molecule has 4 rings (SSSR count). The van der Waals surface area contributed by atoms with Crippen LogP contribution in [0.4, 0.5) is 0 Å². The fourth-order valence-corrected chi connectivity index (χ4v) is 3.45. The Morgan fingerprint density at radius 2 is 2.18 bits per heavy atom. The summed E-state index contributed by atoms with van der Waals surface area (Å²) in [6.45, 7) is 5.39. The molecule has 1 aliphatic heterocycles. The fraction of sp³-hybridized carbons (Fsp3) is 0.350. The molecule has 8 nitrogen and oxygen atoms in total. The number of ether oxygens (including phenoxy) is 1. The van der Waals surface area contributed by atoms with Gasteiger partial charge in [-0.1, -0.05) is 0 Å². The van der Waals surface area contributed by atoms with Crippen molar-refractivity contribution in [3.05, 3.63) is 58.1 Å². The van der Waals surface area contributed by atoms with Crippen LogP contribution in [0.5, 0.6) is 5.88 Å². The third kappa shape index (κ3) is 3.33. The zero-order valence-electron chi connectivity index (χ0n) is 15.8. The number of amides is 1. The van der Waals surface area contributed by atoms with Crippen molar-refractivity contribution in [1.82, 2.24) is 24.6 Å². The number of carbonyl (C=O) groups is 1. The van der Waals surface area contributed by atoms with Gasteiger partial charge in [-0.25, -0.2) is 4.98 Å². The number of aryl methyl sites for hydroxylation is 2. The number of carbonyl (C=O) groups excluding carboxylic acids is 1. The number of likely N-dealkylation sites (tertiary alicyclic amines) is 1. The summed E-state index contributed by atoms with van der Waals surface area (Å²) in [5.41, 5.74) is 1.32. The van der Waals surface area contributed by atoms with E-state index in [-0.39, 0.29) is 23.0 Å². The molecule has 1 aliphatic rings. The third-order valence-electron chi connectivity index (χ3n) is 4.90. The van der Waals surface area contributed by atoms with Crippen LogP contribution in [0.2, 0.25) is 0 Å². The topological polar surface area (TPSA) is 90.2 Å². The van der Waals surface area contributed by atoms with Crippen LogP contribution in [-0.2, 0) is 6.54 Å². The predicted octanol–water partition coefficient (Wildman–Crippen LogP) is 1.81. The van der Waals surface area contributed by atoms with Crippen LogP contribution in [0.3, 0.4) is 0 Å². The maximum Gasteiger partial charge on any atom is 0.259 e. The molecule has 0 spiro atoms. The van der Waals surface area contributed by atoms with E-state index in [1.165, 1.54) is 0 Å². The molecular formula is C20H21N5O3. The van der Waals surface area contributed by atoms with E-state index in [0.29, 0.717) is 43.0 Å². The number of aromatic nitrogens is 4. The van der Waals surface area contributed by atoms with Crippen molar-refractivity contribution in [2.45, 2.75) is 32.9 Å². The first-order valence-corrected chi connectivity index (χ1v) is 9.31. The van der Waals surface area contributed by atoms with Crippen molar-refractivity contribution in [2.75, 3.05) is 13.1 Å². The number of hydrogen-bond donors (Lipinski definition) is 0. The summed E-state index contributed by atoms with van der Waals surface area (Å²) in [7, 11) is 0. The zero-order valence-corrected chi connectivity index (χ0v) is 15.8. The van der Waals surface area contributed by atoms with Crippen LogP contribution >= 0.6 is 0 Å². The van der Waals surface area contributed by atoms with Gasteiger partial charge < -0.3 is 14.2 Å². The molecule has 0 bridgehead atoms. The minimum atomic E-state index is -0.282. The van der Waals surface area contributed by atoms with E-state index >= 15 is 0 Å². The van der Waals surface area contributed by atoms with E-state index in [1.54, 1.807) is 41.6 Å². The highest BCUT2D eigenvalue weighted by molar-refractivity contribution is 5.97. The summed E-state index contributed by atoms with van der Waals surface area (Å²) < 4.78 is 7.64. The van der Waals surface area contributed by atoms with Crippen LogP contribution in [0.1, 0.15) is 29.4 Å². The van der Waals surface area contributed by atoms with E-state index in [2.05, 4.69) is 15.2 Å². The Balaban J connectivity index is 1.60. The van der Waals surface area contributed by atoms with Crippen molar-refractivity contribution >= 4 is 16.9 Å². The van der Waals surface area contributed by atoms with Crippen molar-refractivity contribution in [1.29, 1.82) is 0 Å². The Kier molecular flexibility index (Phi) is 4.77. The summed E-state index contributed by atoms with van der Waals surface area (Å²) >= 11 is 0. The number of fused-ring (bicyclic) bond motifs is 1. The maximum atomic E-state index is 13.1. The molecule has 3 aromatic heterocycles. The van der Waals surface area contributed by atoms with Crippen LogP contribution in [0.25, 0.3) is 11.0 Å². The van der Waals surface area contributed by atoms with Crippen molar-refractivity contribution < 1.29 is 9.53 Å². The van der Waals surface area contributed by atoms with E-state index < -0.39 is 0 Å². The van der Waals surface area contributed by atoms with Gasteiger partial charge in [-0.15, -0.1) is 5.10 Å². The van der Waals surface area contributed by atoms with Gasteiger partial charge >= 0.3 is 0 Å². The minimum absolute atomic E-state index is 0.167. The van der Waals surface area contributed by atoms with Crippen LogP contribution < -0.4 is 10.2 Å². The molecule has 0 radical (unpaired) electrons. The minimum Gasteiger partial charge on any atom is -0.471 e. The Bertz CT molecular complexity index is 1080. The van der Waals surface area contributed by atoms with Gasteiger partial charge in [0.2, 0.25) is 11.3 Å². The lowest BCUT2D eigenvalue weighted by molar-refractivity contribution is 0.0769. The first-order chi connectivity index (χ1) is 13.6. The van der Waals surface area contributed by atoms with Gasteiger partial charge in [0.15, 0.2) is 0 Å². The maximum absolute atomic E-state index is 13.1. The second-order valence-electron chi connectivity index (χ2n) is 6.82.